The molecule has 0 saturated heterocycles. The molecule has 1 radical (unpaired) electrons. The van der Waals surface area contributed by atoms with Crippen molar-refractivity contribution >= 4 is 10.1 Å². The summed E-state index contributed by atoms with van der Waals surface area (Å²) in [5, 5.41) is 0. The van der Waals surface area contributed by atoms with Crippen molar-refractivity contribution in [1.82, 2.24) is 0 Å². The molecule has 0 aliphatic carbocycles. The first-order chi connectivity index (χ1) is 6.05. The summed E-state index contributed by atoms with van der Waals surface area (Å²) >= 11 is 0. The molecule has 3 nitrogen and oxygen atoms in total. The van der Waals surface area contributed by atoms with Gasteiger partial charge in [-0.2, -0.15) is 8.42 Å². The van der Waals surface area contributed by atoms with Gasteiger partial charge >= 0.3 is 0 Å². The van der Waals surface area contributed by atoms with Crippen molar-refractivity contribution < 1.29 is 13.0 Å². The first kappa shape index (κ1) is 10.2. The average Bonchev–Trinajstić information content (AvgIpc) is 2.04. The molecule has 1 aromatic rings. The summed E-state index contributed by atoms with van der Waals surface area (Å²) in [5.74, 6) is 0. The standard InChI is InChI=1S/C9H11O3S/c1-2-5-8-6-3-4-7-9(8)13(10,11)12/h3-7H,2H2,1H3,(H,10,11,12). The second kappa shape index (κ2) is 3.89. The van der Waals surface area contributed by atoms with Gasteiger partial charge in [0.2, 0.25) is 0 Å². The molecule has 13 heavy (non-hydrogen) atoms. The number of hydrogen-bond acceptors (Lipinski definition) is 2. The highest BCUT2D eigenvalue weighted by molar-refractivity contribution is 7.85. The van der Waals surface area contributed by atoms with Crippen molar-refractivity contribution in [3.05, 3.63) is 36.2 Å². The van der Waals surface area contributed by atoms with Gasteiger partial charge in [0, 0.05) is 0 Å². The molecule has 0 bridgehead atoms. The number of benzene rings is 1. The Bertz CT molecular complexity index is 382. The van der Waals surface area contributed by atoms with Gasteiger partial charge in [-0.3, -0.25) is 4.55 Å². The fourth-order valence-electron chi connectivity index (χ4n) is 1.10. The van der Waals surface area contributed by atoms with E-state index in [1.54, 1.807) is 24.6 Å². The molecule has 71 valence electrons. The van der Waals surface area contributed by atoms with E-state index in [-0.39, 0.29) is 4.90 Å². The molecular weight excluding hydrogens is 188 g/mol. The van der Waals surface area contributed by atoms with Gasteiger partial charge in [0.15, 0.2) is 0 Å². The van der Waals surface area contributed by atoms with Gasteiger partial charge < -0.3 is 0 Å². The molecular formula is C9H11O3S. The summed E-state index contributed by atoms with van der Waals surface area (Å²) in [6.07, 6.45) is 2.48. The predicted octanol–water partition coefficient (Wildman–Crippen LogP) is 1.90. The van der Waals surface area contributed by atoms with Crippen LogP contribution in [0.2, 0.25) is 0 Å². The topological polar surface area (TPSA) is 54.4 Å². The van der Waals surface area contributed by atoms with Crippen LogP contribution < -0.4 is 0 Å². The maximum atomic E-state index is 10.9. The zero-order chi connectivity index (χ0) is 9.90. The Morgan fingerprint density at radius 3 is 2.54 bits per heavy atom. The zero-order valence-corrected chi connectivity index (χ0v) is 8.08. The van der Waals surface area contributed by atoms with Crippen LogP contribution in [0.25, 0.3) is 0 Å². The van der Waals surface area contributed by atoms with Crippen molar-refractivity contribution in [2.75, 3.05) is 0 Å². The lowest BCUT2D eigenvalue weighted by molar-refractivity contribution is 0.482. The fraction of sp³-hybridized carbons (Fsp3) is 0.222. The Morgan fingerprint density at radius 2 is 2.00 bits per heavy atom. The van der Waals surface area contributed by atoms with Crippen LogP contribution in [0, 0.1) is 6.42 Å². The minimum atomic E-state index is -4.09. The molecule has 0 unspecified atom stereocenters. The zero-order valence-electron chi connectivity index (χ0n) is 7.27. The third-order valence-electron chi connectivity index (χ3n) is 1.62. The van der Waals surface area contributed by atoms with Gasteiger partial charge in [0.25, 0.3) is 10.1 Å². The Kier molecular flexibility index (Phi) is 3.06. The monoisotopic (exact) mass is 199 g/mol. The summed E-state index contributed by atoms with van der Waals surface area (Å²) in [6, 6.07) is 6.36. The normalized spacial score (nSPS) is 11.5. The van der Waals surface area contributed by atoms with Crippen LogP contribution in [0.15, 0.2) is 29.2 Å². The molecule has 0 amide bonds. The van der Waals surface area contributed by atoms with Crippen LogP contribution >= 0.6 is 0 Å². The lowest BCUT2D eigenvalue weighted by Crippen LogP contribution is -2.01. The highest BCUT2D eigenvalue weighted by atomic mass is 32.2. The first-order valence-corrected chi connectivity index (χ1v) is 5.39. The molecule has 1 rings (SSSR count). The van der Waals surface area contributed by atoms with Crippen molar-refractivity contribution in [3.63, 3.8) is 0 Å². The average molecular weight is 199 g/mol. The first-order valence-electron chi connectivity index (χ1n) is 3.95. The Hall–Kier alpha value is -0.870. The van der Waals surface area contributed by atoms with Gasteiger partial charge in [-0.25, -0.2) is 0 Å². The number of rotatable bonds is 3. The number of hydrogen-bond donors (Lipinski definition) is 1. The molecule has 4 heteroatoms. The van der Waals surface area contributed by atoms with Crippen molar-refractivity contribution in [2.45, 2.75) is 18.2 Å². The predicted molar refractivity (Wildman–Crippen MR) is 49.9 cm³/mol. The van der Waals surface area contributed by atoms with Crippen molar-refractivity contribution in [2.24, 2.45) is 0 Å². The highest BCUT2D eigenvalue weighted by Gasteiger charge is 2.13. The molecule has 0 spiro atoms. The largest absolute Gasteiger partial charge is 0.294 e. The maximum absolute atomic E-state index is 10.9. The van der Waals surface area contributed by atoms with E-state index in [0.717, 1.165) is 6.42 Å². The van der Waals surface area contributed by atoms with Crippen LogP contribution in [0.4, 0.5) is 0 Å². The molecule has 0 aliphatic heterocycles. The van der Waals surface area contributed by atoms with E-state index in [1.165, 1.54) is 6.07 Å². The molecule has 0 fully saturated rings. The SMILES string of the molecule is CC[CH]c1ccccc1S(=O)(=O)O. The Morgan fingerprint density at radius 1 is 1.38 bits per heavy atom. The summed E-state index contributed by atoms with van der Waals surface area (Å²) in [7, 11) is -4.09. The van der Waals surface area contributed by atoms with Crippen LogP contribution in [0.1, 0.15) is 18.9 Å². The summed E-state index contributed by atoms with van der Waals surface area (Å²) in [4.78, 5) is -0.0307. The molecule has 0 aliphatic rings. The highest BCUT2D eigenvalue weighted by Crippen LogP contribution is 2.17. The lowest BCUT2D eigenvalue weighted by Gasteiger charge is -2.03. The van der Waals surface area contributed by atoms with Crippen LogP contribution in [-0.2, 0) is 10.1 Å². The fourth-order valence-corrected chi connectivity index (χ4v) is 1.80. The van der Waals surface area contributed by atoms with E-state index in [4.69, 9.17) is 4.55 Å². The third kappa shape index (κ3) is 2.54. The minimum absolute atomic E-state index is 0.0307. The molecule has 1 aromatic carbocycles. The molecule has 0 heterocycles. The van der Waals surface area contributed by atoms with Gasteiger partial charge in [-0.1, -0.05) is 25.1 Å². The van der Waals surface area contributed by atoms with Gasteiger partial charge in [-0.05, 0) is 24.5 Å². The summed E-state index contributed by atoms with van der Waals surface area (Å²) in [5.41, 5.74) is 0.549. The van der Waals surface area contributed by atoms with Crippen molar-refractivity contribution in [1.29, 1.82) is 0 Å². The Labute approximate surface area is 78.2 Å². The lowest BCUT2D eigenvalue weighted by atomic mass is 10.1. The smallest absolute Gasteiger partial charge is 0.282 e. The molecule has 0 atom stereocenters. The molecule has 0 saturated carbocycles. The van der Waals surface area contributed by atoms with Gasteiger partial charge in [0.05, 0.1) is 4.90 Å². The van der Waals surface area contributed by atoms with Crippen LogP contribution in [0.5, 0.6) is 0 Å². The van der Waals surface area contributed by atoms with Crippen LogP contribution in [0.3, 0.4) is 0 Å². The second-order valence-electron chi connectivity index (χ2n) is 2.63. The summed E-state index contributed by atoms with van der Waals surface area (Å²) < 4.78 is 30.6. The van der Waals surface area contributed by atoms with E-state index in [1.807, 2.05) is 6.92 Å². The van der Waals surface area contributed by atoms with Crippen LogP contribution in [-0.4, -0.2) is 13.0 Å². The Balaban J connectivity index is 3.20. The third-order valence-corrected chi connectivity index (χ3v) is 2.55. The second-order valence-corrected chi connectivity index (χ2v) is 4.02. The van der Waals surface area contributed by atoms with E-state index >= 15 is 0 Å². The molecule has 0 aromatic heterocycles. The van der Waals surface area contributed by atoms with E-state index in [9.17, 15) is 8.42 Å². The van der Waals surface area contributed by atoms with E-state index < -0.39 is 10.1 Å². The summed E-state index contributed by atoms with van der Waals surface area (Å²) in [6.45, 7) is 1.90. The molecule has 1 N–H and O–H groups in total. The van der Waals surface area contributed by atoms with E-state index in [2.05, 4.69) is 0 Å². The van der Waals surface area contributed by atoms with Gasteiger partial charge in [-0.15, -0.1) is 0 Å². The van der Waals surface area contributed by atoms with Crippen molar-refractivity contribution in [3.8, 4) is 0 Å². The quantitative estimate of drug-likeness (QED) is 0.756. The maximum Gasteiger partial charge on any atom is 0.294 e. The van der Waals surface area contributed by atoms with E-state index in [0.29, 0.717) is 5.56 Å². The van der Waals surface area contributed by atoms with Gasteiger partial charge in [0.1, 0.15) is 0 Å². The minimum Gasteiger partial charge on any atom is -0.282 e.